The molecule has 0 aliphatic heterocycles. The van der Waals surface area contributed by atoms with E-state index in [2.05, 4.69) is 9.71 Å². The van der Waals surface area contributed by atoms with Gasteiger partial charge < -0.3 is 4.98 Å². The van der Waals surface area contributed by atoms with Gasteiger partial charge in [0, 0.05) is 11.7 Å². The highest BCUT2D eigenvalue weighted by Crippen LogP contribution is 2.18. The lowest BCUT2D eigenvalue weighted by Crippen LogP contribution is -2.37. The molecule has 0 radical (unpaired) electrons. The third kappa shape index (κ3) is 3.40. The largest absolute Gasteiger partial charge is 0.315 e. The van der Waals surface area contributed by atoms with Gasteiger partial charge in [0.15, 0.2) is 4.21 Å². The molecule has 7 heteroatoms. The van der Waals surface area contributed by atoms with E-state index in [-0.39, 0.29) is 21.0 Å². The van der Waals surface area contributed by atoms with Gasteiger partial charge in [-0.15, -0.1) is 0 Å². The van der Waals surface area contributed by atoms with Crippen molar-refractivity contribution in [2.45, 2.75) is 44.4 Å². The summed E-state index contributed by atoms with van der Waals surface area (Å²) >= 11 is 0.724. The van der Waals surface area contributed by atoms with Gasteiger partial charge in [0.1, 0.15) is 0 Å². The third-order valence-electron chi connectivity index (χ3n) is 2.58. The molecule has 0 saturated carbocycles. The van der Waals surface area contributed by atoms with Crippen molar-refractivity contribution >= 4 is 21.4 Å². The van der Waals surface area contributed by atoms with Crippen LogP contribution >= 0.6 is 11.3 Å². The molecule has 0 aliphatic rings. The van der Waals surface area contributed by atoms with Gasteiger partial charge in [-0.25, -0.2) is 13.1 Å². The van der Waals surface area contributed by atoms with E-state index in [0.717, 1.165) is 17.8 Å². The quantitative estimate of drug-likeness (QED) is 0.855. The predicted molar refractivity (Wildman–Crippen MR) is 68.9 cm³/mol. The molecule has 0 bridgehead atoms. The van der Waals surface area contributed by atoms with Crippen molar-refractivity contribution in [3.63, 3.8) is 0 Å². The molecule has 0 saturated heterocycles. The summed E-state index contributed by atoms with van der Waals surface area (Å²) in [7, 11) is -3.59. The van der Waals surface area contributed by atoms with E-state index in [1.54, 1.807) is 6.92 Å². The van der Waals surface area contributed by atoms with Crippen molar-refractivity contribution in [3.05, 3.63) is 15.4 Å². The maximum Gasteiger partial charge on any atom is 0.305 e. The molecule has 0 spiro atoms. The molecule has 17 heavy (non-hydrogen) atoms. The van der Waals surface area contributed by atoms with E-state index in [0.29, 0.717) is 5.69 Å². The molecule has 0 amide bonds. The van der Waals surface area contributed by atoms with E-state index in [1.165, 1.54) is 0 Å². The first-order valence-corrected chi connectivity index (χ1v) is 7.80. The molecule has 1 rings (SSSR count). The standard InChI is InChI=1S/C10H18N2O3S2/c1-5-8(6(2)3)12-17(14,15)9-7(4)11-10(13)16-9/h6,8,12H,5H2,1-4H3,(H,11,13). The highest BCUT2D eigenvalue weighted by Gasteiger charge is 2.24. The molecule has 1 unspecified atom stereocenters. The van der Waals surface area contributed by atoms with E-state index >= 15 is 0 Å². The highest BCUT2D eigenvalue weighted by molar-refractivity contribution is 7.91. The molecule has 2 N–H and O–H groups in total. The fourth-order valence-corrected chi connectivity index (χ4v) is 4.38. The zero-order chi connectivity index (χ0) is 13.2. The number of thiazole rings is 1. The normalized spacial score (nSPS) is 14.2. The molecule has 98 valence electrons. The van der Waals surface area contributed by atoms with E-state index in [4.69, 9.17) is 0 Å². The molecular weight excluding hydrogens is 260 g/mol. The molecule has 0 fully saturated rings. The number of aromatic amines is 1. The monoisotopic (exact) mass is 278 g/mol. The SMILES string of the molecule is CCC(NS(=O)(=O)c1sc(=O)[nH]c1C)C(C)C. The Hall–Kier alpha value is -0.660. The Balaban J connectivity index is 3.04. The van der Waals surface area contributed by atoms with Gasteiger partial charge in [-0.3, -0.25) is 4.79 Å². The van der Waals surface area contributed by atoms with Crippen LogP contribution in [0.25, 0.3) is 0 Å². The minimum absolute atomic E-state index is 0.0848. The minimum atomic E-state index is -3.59. The maximum atomic E-state index is 12.1. The Labute approximate surface area is 105 Å². The van der Waals surface area contributed by atoms with Crippen molar-refractivity contribution in [2.75, 3.05) is 0 Å². The fourth-order valence-electron chi connectivity index (χ4n) is 1.59. The summed E-state index contributed by atoms with van der Waals surface area (Å²) in [5, 5.41) is 0. The summed E-state index contributed by atoms with van der Waals surface area (Å²) in [6, 6.07) is -0.114. The second-order valence-electron chi connectivity index (χ2n) is 4.31. The molecule has 1 heterocycles. The van der Waals surface area contributed by atoms with Crippen molar-refractivity contribution in [1.29, 1.82) is 0 Å². The van der Waals surface area contributed by atoms with E-state index in [1.807, 2.05) is 20.8 Å². The minimum Gasteiger partial charge on any atom is -0.315 e. The van der Waals surface area contributed by atoms with Crippen LogP contribution in [0.15, 0.2) is 9.00 Å². The van der Waals surface area contributed by atoms with Gasteiger partial charge in [0.05, 0.1) is 0 Å². The first-order valence-electron chi connectivity index (χ1n) is 5.50. The van der Waals surface area contributed by atoms with Crippen LogP contribution in [-0.4, -0.2) is 19.4 Å². The van der Waals surface area contributed by atoms with Crippen LogP contribution in [0.5, 0.6) is 0 Å². The van der Waals surface area contributed by atoms with Gasteiger partial charge in [0.2, 0.25) is 0 Å². The number of rotatable bonds is 5. The van der Waals surface area contributed by atoms with Crippen LogP contribution < -0.4 is 9.60 Å². The molecule has 5 nitrogen and oxygen atoms in total. The first kappa shape index (κ1) is 14.4. The van der Waals surface area contributed by atoms with Crippen molar-refractivity contribution < 1.29 is 8.42 Å². The van der Waals surface area contributed by atoms with Crippen molar-refractivity contribution in [2.24, 2.45) is 5.92 Å². The van der Waals surface area contributed by atoms with Crippen LogP contribution in [0.1, 0.15) is 32.9 Å². The number of aromatic nitrogens is 1. The number of hydrogen-bond acceptors (Lipinski definition) is 4. The van der Waals surface area contributed by atoms with Crippen LogP contribution in [0, 0.1) is 12.8 Å². The summed E-state index contributed by atoms with van der Waals surface area (Å²) in [5.74, 6) is 0.214. The molecule has 1 atom stereocenters. The zero-order valence-electron chi connectivity index (χ0n) is 10.4. The Kier molecular flexibility index (Phi) is 4.51. The topological polar surface area (TPSA) is 79.0 Å². The smallest absolute Gasteiger partial charge is 0.305 e. The fraction of sp³-hybridized carbons (Fsp3) is 0.700. The predicted octanol–water partition coefficient (Wildman–Crippen LogP) is 1.46. The van der Waals surface area contributed by atoms with Crippen LogP contribution in [-0.2, 0) is 10.0 Å². The first-order chi connectivity index (χ1) is 7.77. The van der Waals surface area contributed by atoms with E-state index < -0.39 is 10.0 Å². The average molecular weight is 278 g/mol. The van der Waals surface area contributed by atoms with Gasteiger partial charge in [-0.1, -0.05) is 32.1 Å². The van der Waals surface area contributed by atoms with Crippen LogP contribution in [0.2, 0.25) is 0 Å². The van der Waals surface area contributed by atoms with Crippen LogP contribution in [0.4, 0.5) is 0 Å². The maximum absolute atomic E-state index is 12.1. The Bertz CT molecular complexity index is 528. The Morgan fingerprint density at radius 3 is 2.35 bits per heavy atom. The molecule has 0 aliphatic carbocycles. The van der Waals surface area contributed by atoms with E-state index in [9.17, 15) is 13.2 Å². The molecule has 0 aromatic carbocycles. The second kappa shape index (κ2) is 5.32. The lowest BCUT2D eigenvalue weighted by atomic mass is 10.0. The average Bonchev–Trinajstić information content (AvgIpc) is 2.54. The Morgan fingerprint density at radius 1 is 1.41 bits per heavy atom. The number of H-pyrrole nitrogens is 1. The Morgan fingerprint density at radius 2 is 2.00 bits per heavy atom. The molecular formula is C10H18N2O3S2. The lowest BCUT2D eigenvalue weighted by molar-refractivity contribution is 0.437. The van der Waals surface area contributed by atoms with Gasteiger partial charge >= 0.3 is 4.87 Å². The number of nitrogens with one attached hydrogen (secondary N) is 2. The number of aryl methyl sites for hydroxylation is 1. The third-order valence-corrected chi connectivity index (χ3v) is 5.67. The molecule has 1 aromatic rings. The number of sulfonamides is 1. The van der Waals surface area contributed by atoms with Crippen LogP contribution in [0.3, 0.4) is 0 Å². The van der Waals surface area contributed by atoms with Gasteiger partial charge in [-0.05, 0) is 19.3 Å². The zero-order valence-corrected chi connectivity index (χ0v) is 12.0. The summed E-state index contributed by atoms with van der Waals surface area (Å²) < 4.78 is 26.9. The van der Waals surface area contributed by atoms with Crippen molar-refractivity contribution in [3.8, 4) is 0 Å². The van der Waals surface area contributed by atoms with Gasteiger partial charge in [0.25, 0.3) is 10.0 Å². The lowest BCUT2D eigenvalue weighted by Gasteiger charge is -2.20. The summed E-state index contributed by atoms with van der Waals surface area (Å²) in [5.41, 5.74) is 0.395. The summed E-state index contributed by atoms with van der Waals surface area (Å²) in [4.78, 5) is 13.2. The second-order valence-corrected chi connectivity index (χ2v) is 7.20. The highest BCUT2D eigenvalue weighted by atomic mass is 32.2. The summed E-state index contributed by atoms with van der Waals surface area (Å²) in [6.07, 6.45) is 0.718. The number of hydrogen-bond donors (Lipinski definition) is 2. The summed E-state index contributed by atoms with van der Waals surface area (Å²) in [6.45, 7) is 7.44. The molecule has 1 aromatic heterocycles. The van der Waals surface area contributed by atoms with Crippen molar-refractivity contribution in [1.82, 2.24) is 9.71 Å². The van der Waals surface area contributed by atoms with Gasteiger partial charge in [-0.2, -0.15) is 0 Å².